The zero-order valence-electron chi connectivity index (χ0n) is 15.2. The third-order valence-electron chi connectivity index (χ3n) is 3.81. The lowest BCUT2D eigenvalue weighted by Gasteiger charge is -2.10. The largest absolute Gasteiger partial charge is 0.484 e. The summed E-state index contributed by atoms with van der Waals surface area (Å²) in [4.78, 5) is 12.1. The smallest absolute Gasteiger partial charge is 0.262 e. The van der Waals surface area contributed by atoms with Crippen LogP contribution in [0.25, 0.3) is 0 Å². The van der Waals surface area contributed by atoms with Crippen molar-refractivity contribution in [3.8, 4) is 11.8 Å². The number of hydrogen-bond donors (Lipinski definition) is 2. The van der Waals surface area contributed by atoms with Crippen molar-refractivity contribution in [2.24, 2.45) is 0 Å². The van der Waals surface area contributed by atoms with Crippen LogP contribution in [0, 0.1) is 11.3 Å². The van der Waals surface area contributed by atoms with E-state index in [0.717, 1.165) is 0 Å². The number of carbonyl (C=O) groups excluding carboxylic acids is 1. The number of hydrogen-bond acceptors (Lipinski definition) is 5. The predicted octanol–water partition coefficient (Wildman–Crippen LogP) is 3.38. The van der Waals surface area contributed by atoms with Crippen molar-refractivity contribution in [2.45, 2.75) is 4.90 Å². The number of rotatable bonds is 7. The van der Waals surface area contributed by atoms with Crippen LogP contribution in [0.2, 0.25) is 0 Å². The molecule has 0 heterocycles. The molecule has 0 bridgehead atoms. The van der Waals surface area contributed by atoms with Crippen molar-refractivity contribution in [3.05, 3.63) is 84.4 Å². The molecule has 2 N–H and O–H groups in total. The van der Waals surface area contributed by atoms with Crippen LogP contribution < -0.4 is 14.8 Å². The summed E-state index contributed by atoms with van der Waals surface area (Å²) >= 11 is 0. The molecule has 3 aromatic carbocycles. The van der Waals surface area contributed by atoms with Crippen LogP contribution >= 0.6 is 0 Å². The topological polar surface area (TPSA) is 108 Å². The van der Waals surface area contributed by atoms with Crippen molar-refractivity contribution < 1.29 is 17.9 Å². The zero-order valence-corrected chi connectivity index (χ0v) is 16.0. The van der Waals surface area contributed by atoms with E-state index in [4.69, 9.17) is 10.00 Å². The number of anilines is 2. The van der Waals surface area contributed by atoms with E-state index in [1.54, 1.807) is 54.6 Å². The van der Waals surface area contributed by atoms with Gasteiger partial charge < -0.3 is 10.1 Å². The molecule has 7 nitrogen and oxygen atoms in total. The molecule has 0 aliphatic carbocycles. The number of para-hydroxylation sites is 1. The Kier molecular flexibility index (Phi) is 6.12. The first-order valence-corrected chi connectivity index (χ1v) is 10.1. The summed E-state index contributed by atoms with van der Waals surface area (Å²) in [6.45, 7) is -0.259. The van der Waals surface area contributed by atoms with Gasteiger partial charge in [-0.25, -0.2) is 8.42 Å². The van der Waals surface area contributed by atoms with Gasteiger partial charge in [0.2, 0.25) is 0 Å². The summed E-state index contributed by atoms with van der Waals surface area (Å²) in [5.74, 6) is -0.0490. The van der Waals surface area contributed by atoms with Crippen LogP contribution in [0.15, 0.2) is 83.8 Å². The molecular weight excluding hydrogens is 390 g/mol. The summed E-state index contributed by atoms with van der Waals surface area (Å²) in [7, 11) is -3.72. The molecule has 3 aromatic rings. The minimum atomic E-state index is -3.72. The Morgan fingerprint density at radius 1 is 0.931 bits per heavy atom. The van der Waals surface area contributed by atoms with Gasteiger partial charge in [-0.2, -0.15) is 5.26 Å². The van der Waals surface area contributed by atoms with Crippen LogP contribution in [0.1, 0.15) is 5.56 Å². The third kappa shape index (κ3) is 5.57. The average molecular weight is 407 g/mol. The number of nitrogens with zero attached hydrogens (tertiary/aromatic N) is 1. The summed E-state index contributed by atoms with van der Waals surface area (Å²) in [6.07, 6.45) is 0. The van der Waals surface area contributed by atoms with Gasteiger partial charge in [0.15, 0.2) is 6.61 Å². The number of carbonyl (C=O) groups is 1. The highest BCUT2D eigenvalue weighted by atomic mass is 32.2. The van der Waals surface area contributed by atoms with E-state index < -0.39 is 15.9 Å². The summed E-state index contributed by atoms with van der Waals surface area (Å²) in [6, 6.07) is 22.8. The van der Waals surface area contributed by atoms with Gasteiger partial charge in [-0.05, 0) is 54.6 Å². The number of amides is 1. The molecule has 0 unspecified atom stereocenters. The quantitative estimate of drug-likeness (QED) is 0.624. The van der Waals surface area contributed by atoms with Crippen LogP contribution in [-0.2, 0) is 14.8 Å². The Morgan fingerprint density at radius 2 is 1.62 bits per heavy atom. The van der Waals surface area contributed by atoms with Gasteiger partial charge in [-0.1, -0.05) is 24.3 Å². The maximum absolute atomic E-state index is 12.4. The van der Waals surface area contributed by atoms with Crippen LogP contribution in [0.4, 0.5) is 11.4 Å². The number of ether oxygens (including phenoxy) is 1. The molecule has 146 valence electrons. The molecule has 0 aromatic heterocycles. The zero-order chi connectivity index (χ0) is 20.7. The third-order valence-corrected chi connectivity index (χ3v) is 5.20. The number of benzene rings is 3. The Bertz CT molecular complexity index is 1140. The van der Waals surface area contributed by atoms with Gasteiger partial charge in [0.05, 0.1) is 16.5 Å². The Morgan fingerprint density at radius 3 is 2.31 bits per heavy atom. The standard InChI is InChI=1S/C21H17N3O4S/c22-14-16-5-4-8-18(13-16)23-21(25)15-28-19-9-11-20(12-10-19)29(26,27)24-17-6-2-1-3-7-17/h1-13,24H,15H2,(H,23,25). The highest BCUT2D eigenvalue weighted by Gasteiger charge is 2.14. The molecule has 3 rings (SSSR count). The highest BCUT2D eigenvalue weighted by molar-refractivity contribution is 7.92. The van der Waals surface area contributed by atoms with E-state index >= 15 is 0 Å². The van der Waals surface area contributed by atoms with E-state index in [9.17, 15) is 13.2 Å². The number of nitrogens with one attached hydrogen (secondary N) is 2. The molecule has 0 fully saturated rings. The second-order valence-electron chi connectivity index (χ2n) is 5.97. The highest BCUT2D eigenvalue weighted by Crippen LogP contribution is 2.19. The van der Waals surface area contributed by atoms with Gasteiger partial charge in [0, 0.05) is 11.4 Å². The lowest BCUT2D eigenvalue weighted by Crippen LogP contribution is -2.20. The summed E-state index contributed by atoms with van der Waals surface area (Å²) in [5.41, 5.74) is 1.39. The van der Waals surface area contributed by atoms with Crippen LogP contribution in [0.5, 0.6) is 5.75 Å². The lowest BCUT2D eigenvalue weighted by atomic mass is 10.2. The first-order valence-electron chi connectivity index (χ1n) is 8.57. The first kappa shape index (κ1) is 19.9. The van der Waals surface area contributed by atoms with E-state index in [2.05, 4.69) is 10.0 Å². The maximum Gasteiger partial charge on any atom is 0.262 e. The fourth-order valence-electron chi connectivity index (χ4n) is 2.45. The molecule has 29 heavy (non-hydrogen) atoms. The first-order chi connectivity index (χ1) is 14.0. The van der Waals surface area contributed by atoms with Gasteiger partial charge >= 0.3 is 0 Å². The van der Waals surface area contributed by atoms with Crippen molar-refractivity contribution in [1.29, 1.82) is 5.26 Å². The maximum atomic E-state index is 12.4. The van der Waals surface area contributed by atoms with E-state index in [1.807, 2.05) is 6.07 Å². The van der Waals surface area contributed by atoms with E-state index in [0.29, 0.717) is 22.7 Å². The Labute approximate surface area is 168 Å². The SMILES string of the molecule is N#Cc1cccc(NC(=O)COc2ccc(S(=O)(=O)Nc3ccccc3)cc2)c1. The molecule has 0 radical (unpaired) electrons. The van der Waals surface area contributed by atoms with Crippen molar-refractivity contribution in [1.82, 2.24) is 0 Å². The second-order valence-corrected chi connectivity index (χ2v) is 7.65. The van der Waals surface area contributed by atoms with E-state index in [-0.39, 0.29) is 11.5 Å². The van der Waals surface area contributed by atoms with Crippen molar-refractivity contribution in [2.75, 3.05) is 16.6 Å². The minimum absolute atomic E-state index is 0.0754. The Balaban J connectivity index is 1.57. The average Bonchev–Trinajstić information content (AvgIpc) is 2.73. The fourth-order valence-corrected chi connectivity index (χ4v) is 3.51. The number of nitriles is 1. The molecule has 8 heteroatoms. The van der Waals surface area contributed by atoms with Crippen molar-refractivity contribution >= 4 is 27.3 Å². The molecule has 0 saturated heterocycles. The Hall–Kier alpha value is -3.83. The molecule has 0 saturated carbocycles. The monoisotopic (exact) mass is 407 g/mol. The minimum Gasteiger partial charge on any atom is -0.484 e. The molecule has 0 spiro atoms. The van der Waals surface area contributed by atoms with Gasteiger partial charge in [-0.3, -0.25) is 9.52 Å². The molecule has 0 atom stereocenters. The summed E-state index contributed by atoms with van der Waals surface area (Å²) < 4.78 is 32.7. The van der Waals surface area contributed by atoms with Gasteiger partial charge in [-0.15, -0.1) is 0 Å². The van der Waals surface area contributed by atoms with Crippen LogP contribution in [-0.4, -0.2) is 20.9 Å². The molecule has 1 amide bonds. The molecule has 0 aliphatic heterocycles. The summed E-state index contributed by atoms with van der Waals surface area (Å²) in [5, 5.41) is 11.5. The lowest BCUT2D eigenvalue weighted by molar-refractivity contribution is -0.118. The number of sulfonamides is 1. The van der Waals surface area contributed by atoms with Crippen LogP contribution in [0.3, 0.4) is 0 Å². The molecular formula is C21H17N3O4S. The fraction of sp³-hybridized carbons (Fsp3) is 0.0476. The molecule has 0 aliphatic rings. The second kappa shape index (κ2) is 8.91. The van der Waals surface area contributed by atoms with Gasteiger partial charge in [0.25, 0.3) is 15.9 Å². The van der Waals surface area contributed by atoms with Gasteiger partial charge in [0.1, 0.15) is 5.75 Å². The van der Waals surface area contributed by atoms with Crippen molar-refractivity contribution in [3.63, 3.8) is 0 Å². The van der Waals surface area contributed by atoms with E-state index in [1.165, 1.54) is 24.3 Å². The normalized spacial score (nSPS) is 10.6. The predicted molar refractivity (Wildman–Crippen MR) is 109 cm³/mol.